The average molecular weight is 288 g/mol. The highest BCUT2D eigenvalue weighted by Gasteiger charge is 2.17. The minimum atomic E-state index is -0.335. The molecule has 1 aliphatic carbocycles. The number of aromatic nitrogens is 1. The average Bonchev–Trinajstić information content (AvgIpc) is 2.98. The first-order valence-electron chi connectivity index (χ1n) is 7.18. The summed E-state index contributed by atoms with van der Waals surface area (Å²) >= 11 is 0. The molecule has 1 fully saturated rings. The third-order valence-electron chi connectivity index (χ3n) is 3.41. The number of carbonyl (C=O) groups excluding carboxylic acids is 2. The van der Waals surface area contributed by atoms with Crippen LogP contribution in [0.4, 0.5) is 0 Å². The minimum absolute atomic E-state index is 0.0428. The van der Waals surface area contributed by atoms with Crippen molar-refractivity contribution < 1.29 is 9.59 Å². The highest BCUT2D eigenvalue weighted by Crippen LogP contribution is 2.17. The van der Waals surface area contributed by atoms with E-state index in [0.29, 0.717) is 17.3 Å². The van der Waals surface area contributed by atoms with E-state index in [1.165, 1.54) is 19.0 Å². The number of rotatable bonds is 5. The van der Waals surface area contributed by atoms with E-state index < -0.39 is 0 Å². The molecule has 2 rings (SSSR count). The molecule has 1 aromatic rings. The van der Waals surface area contributed by atoms with E-state index in [0.717, 1.165) is 12.8 Å². The Morgan fingerprint density at radius 2 is 2.14 bits per heavy atom. The van der Waals surface area contributed by atoms with Gasteiger partial charge in [-0.2, -0.15) is 5.10 Å². The van der Waals surface area contributed by atoms with E-state index in [9.17, 15) is 9.59 Å². The SMILES string of the molecule is C/C(CC(=O)NC1CCCC1)=N\NC(=O)c1cccnc1. The van der Waals surface area contributed by atoms with Gasteiger partial charge < -0.3 is 5.32 Å². The molecule has 2 amide bonds. The summed E-state index contributed by atoms with van der Waals surface area (Å²) in [6.45, 7) is 1.72. The van der Waals surface area contributed by atoms with Gasteiger partial charge in [0.15, 0.2) is 0 Å². The molecule has 6 nitrogen and oxygen atoms in total. The molecule has 0 unspecified atom stereocenters. The van der Waals surface area contributed by atoms with Gasteiger partial charge in [0, 0.05) is 24.1 Å². The molecule has 6 heteroatoms. The summed E-state index contributed by atoms with van der Waals surface area (Å²) in [4.78, 5) is 27.4. The predicted octanol–water partition coefficient (Wildman–Crippen LogP) is 1.64. The summed E-state index contributed by atoms with van der Waals surface area (Å²) in [7, 11) is 0. The third kappa shape index (κ3) is 4.98. The summed E-state index contributed by atoms with van der Waals surface area (Å²) in [5.41, 5.74) is 3.43. The van der Waals surface area contributed by atoms with Crippen LogP contribution < -0.4 is 10.7 Å². The van der Waals surface area contributed by atoms with E-state index in [-0.39, 0.29) is 18.2 Å². The fourth-order valence-electron chi connectivity index (χ4n) is 2.33. The van der Waals surface area contributed by atoms with Gasteiger partial charge in [-0.05, 0) is 31.9 Å². The van der Waals surface area contributed by atoms with Gasteiger partial charge in [-0.3, -0.25) is 14.6 Å². The Morgan fingerprint density at radius 3 is 2.81 bits per heavy atom. The van der Waals surface area contributed by atoms with E-state index in [1.807, 2.05) is 0 Å². The summed E-state index contributed by atoms with van der Waals surface area (Å²) in [5, 5.41) is 6.93. The van der Waals surface area contributed by atoms with Crippen molar-refractivity contribution in [3.05, 3.63) is 30.1 Å². The molecule has 112 valence electrons. The smallest absolute Gasteiger partial charge is 0.272 e. The molecule has 2 N–H and O–H groups in total. The molecule has 1 saturated carbocycles. The van der Waals surface area contributed by atoms with Crippen LogP contribution in [0.15, 0.2) is 29.6 Å². The van der Waals surface area contributed by atoms with Crippen molar-refractivity contribution in [2.24, 2.45) is 5.10 Å². The second-order valence-electron chi connectivity index (χ2n) is 5.26. The zero-order valence-electron chi connectivity index (χ0n) is 12.1. The first kappa shape index (κ1) is 15.2. The Bertz CT molecular complexity index is 522. The first-order chi connectivity index (χ1) is 10.1. The largest absolute Gasteiger partial charge is 0.353 e. The molecule has 0 spiro atoms. The molecule has 0 atom stereocenters. The Kier molecular flexibility index (Phi) is 5.43. The fraction of sp³-hybridized carbons (Fsp3) is 0.467. The molecule has 0 saturated heterocycles. The molecule has 1 aliphatic rings. The van der Waals surface area contributed by atoms with Gasteiger partial charge in [-0.15, -0.1) is 0 Å². The second kappa shape index (κ2) is 7.52. The molecule has 21 heavy (non-hydrogen) atoms. The van der Waals surface area contributed by atoms with Gasteiger partial charge in [0.25, 0.3) is 5.91 Å². The number of hydrazone groups is 1. The Morgan fingerprint density at radius 1 is 1.38 bits per heavy atom. The number of amides is 2. The quantitative estimate of drug-likeness (QED) is 0.638. The molecule has 1 aromatic heterocycles. The lowest BCUT2D eigenvalue weighted by atomic mass is 10.2. The minimum Gasteiger partial charge on any atom is -0.353 e. The van der Waals surface area contributed by atoms with E-state index in [1.54, 1.807) is 25.3 Å². The van der Waals surface area contributed by atoms with Crippen LogP contribution in [0.25, 0.3) is 0 Å². The third-order valence-corrected chi connectivity index (χ3v) is 3.41. The summed E-state index contributed by atoms with van der Waals surface area (Å²) in [5.74, 6) is -0.377. The standard InChI is InChI=1S/C15H20N4O2/c1-11(9-14(20)17-13-6-2-3-7-13)18-19-15(21)12-5-4-8-16-10-12/h4-5,8,10,13H,2-3,6-7,9H2,1H3,(H,17,20)(H,19,21)/b18-11+. The van der Waals surface area contributed by atoms with Crippen LogP contribution >= 0.6 is 0 Å². The topological polar surface area (TPSA) is 83.5 Å². The first-order valence-corrected chi connectivity index (χ1v) is 7.18. The summed E-state index contributed by atoms with van der Waals surface area (Å²) in [6.07, 6.45) is 7.73. The van der Waals surface area contributed by atoms with E-state index >= 15 is 0 Å². The number of nitrogens with zero attached hydrogens (tertiary/aromatic N) is 2. The number of pyridine rings is 1. The maximum atomic E-state index is 11.8. The molecular weight excluding hydrogens is 268 g/mol. The number of hydrogen-bond donors (Lipinski definition) is 2. The molecule has 0 bridgehead atoms. The normalized spacial score (nSPS) is 15.8. The van der Waals surface area contributed by atoms with Crippen LogP contribution in [-0.4, -0.2) is 28.6 Å². The van der Waals surface area contributed by atoms with Crippen LogP contribution in [0.3, 0.4) is 0 Å². The van der Waals surface area contributed by atoms with Gasteiger partial charge in [0.05, 0.1) is 12.0 Å². The van der Waals surface area contributed by atoms with Crippen molar-refractivity contribution in [1.29, 1.82) is 0 Å². The van der Waals surface area contributed by atoms with Gasteiger partial charge in [0.2, 0.25) is 5.91 Å². The van der Waals surface area contributed by atoms with Crippen molar-refractivity contribution in [2.45, 2.75) is 45.1 Å². The zero-order chi connectivity index (χ0) is 15.1. The Hall–Kier alpha value is -2.24. The van der Waals surface area contributed by atoms with Gasteiger partial charge in [-0.1, -0.05) is 12.8 Å². The van der Waals surface area contributed by atoms with Crippen LogP contribution in [0.2, 0.25) is 0 Å². The van der Waals surface area contributed by atoms with Crippen molar-refractivity contribution in [3.63, 3.8) is 0 Å². The number of carbonyl (C=O) groups is 2. The fourth-order valence-corrected chi connectivity index (χ4v) is 2.33. The van der Waals surface area contributed by atoms with E-state index in [4.69, 9.17) is 0 Å². The highest BCUT2D eigenvalue weighted by atomic mass is 16.2. The molecular formula is C15H20N4O2. The van der Waals surface area contributed by atoms with Crippen LogP contribution in [-0.2, 0) is 4.79 Å². The zero-order valence-corrected chi connectivity index (χ0v) is 12.1. The van der Waals surface area contributed by atoms with Crippen LogP contribution in [0.5, 0.6) is 0 Å². The van der Waals surface area contributed by atoms with Crippen molar-refractivity contribution in [3.8, 4) is 0 Å². The Labute approximate surface area is 124 Å². The van der Waals surface area contributed by atoms with Crippen LogP contribution in [0.1, 0.15) is 49.4 Å². The van der Waals surface area contributed by atoms with Crippen LogP contribution in [0, 0.1) is 0 Å². The van der Waals surface area contributed by atoms with Gasteiger partial charge in [0.1, 0.15) is 0 Å². The van der Waals surface area contributed by atoms with Crippen molar-refractivity contribution >= 4 is 17.5 Å². The van der Waals surface area contributed by atoms with Gasteiger partial charge >= 0.3 is 0 Å². The van der Waals surface area contributed by atoms with Gasteiger partial charge in [-0.25, -0.2) is 5.43 Å². The highest BCUT2D eigenvalue weighted by molar-refractivity contribution is 6.01. The maximum Gasteiger partial charge on any atom is 0.272 e. The summed E-state index contributed by atoms with van der Waals surface area (Å²) < 4.78 is 0. The molecule has 1 heterocycles. The van der Waals surface area contributed by atoms with Crippen molar-refractivity contribution in [2.75, 3.05) is 0 Å². The second-order valence-corrected chi connectivity index (χ2v) is 5.26. The van der Waals surface area contributed by atoms with Crippen molar-refractivity contribution in [1.82, 2.24) is 15.7 Å². The lowest BCUT2D eigenvalue weighted by molar-refractivity contribution is -0.120. The maximum absolute atomic E-state index is 11.8. The molecule has 0 aromatic carbocycles. The van der Waals surface area contributed by atoms with E-state index in [2.05, 4.69) is 20.8 Å². The summed E-state index contributed by atoms with van der Waals surface area (Å²) in [6, 6.07) is 3.64. The molecule has 0 radical (unpaired) electrons. The predicted molar refractivity (Wildman–Crippen MR) is 79.8 cm³/mol. The molecule has 0 aliphatic heterocycles. The number of hydrogen-bond acceptors (Lipinski definition) is 4. The monoisotopic (exact) mass is 288 g/mol. The number of nitrogens with one attached hydrogen (secondary N) is 2. The lowest BCUT2D eigenvalue weighted by Crippen LogP contribution is -2.33. The Balaban J connectivity index is 1.78. The lowest BCUT2D eigenvalue weighted by Gasteiger charge is -2.11.